The van der Waals surface area contributed by atoms with E-state index in [1.807, 2.05) is 0 Å². The maximum absolute atomic E-state index is 12.9. The number of carboxylic acids is 2. The number of carbonyl (C=O) groups excluding carboxylic acids is 3. The molecule has 0 radical (unpaired) electrons. The van der Waals surface area contributed by atoms with Crippen molar-refractivity contribution < 1.29 is 34.2 Å². The van der Waals surface area contributed by atoms with Crippen LogP contribution in [0, 0.1) is 0 Å². The molecule has 0 saturated carbocycles. The molecule has 4 unspecified atom stereocenters. The van der Waals surface area contributed by atoms with Gasteiger partial charge in [0.1, 0.15) is 18.1 Å². The predicted molar refractivity (Wildman–Crippen MR) is 125 cm³/mol. The number of hydrogen-bond donors (Lipinski definition) is 8. The molecule has 1 aliphatic heterocycles. The van der Waals surface area contributed by atoms with Gasteiger partial charge in [0.05, 0.1) is 6.04 Å². The topological polar surface area (TPSA) is 244 Å². The molecule has 1 fully saturated rings. The Kier molecular flexibility index (Phi) is 12.1. The molecule has 14 nitrogen and oxygen atoms in total. The molecule has 4 atom stereocenters. The van der Waals surface area contributed by atoms with E-state index in [1.54, 1.807) is 0 Å². The summed E-state index contributed by atoms with van der Waals surface area (Å²) < 4.78 is 0. The summed E-state index contributed by atoms with van der Waals surface area (Å²) in [6.45, 7) is 0.461. The molecule has 0 aromatic rings. The van der Waals surface area contributed by atoms with Crippen LogP contribution in [0.1, 0.15) is 38.5 Å². The van der Waals surface area contributed by atoms with Gasteiger partial charge in [-0.15, -0.1) is 0 Å². The van der Waals surface area contributed by atoms with E-state index < -0.39 is 60.2 Å². The molecule has 1 heterocycles. The van der Waals surface area contributed by atoms with Crippen molar-refractivity contribution in [2.45, 2.75) is 62.7 Å². The van der Waals surface area contributed by atoms with Crippen LogP contribution in [-0.4, -0.2) is 93.7 Å². The van der Waals surface area contributed by atoms with E-state index in [1.165, 1.54) is 4.90 Å². The molecule has 192 valence electrons. The molecule has 34 heavy (non-hydrogen) atoms. The number of nitrogens with zero attached hydrogens (tertiary/aromatic N) is 2. The van der Waals surface area contributed by atoms with Gasteiger partial charge in [-0.25, -0.2) is 4.79 Å². The Hall–Kier alpha value is -3.07. The first-order valence-electron chi connectivity index (χ1n) is 10.8. The average molecular weight is 504 g/mol. The number of thiol groups is 1. The molecule has 1 aliphatic rings. The molecular formula is C19H33N7O7S. The number of aliphatic carboxylic acids is 2. The van der Waals surface area contributed by atoms with E-state index in [-0.39, 0.29) is 37.5 Å². The fourth-order valence-corrected chi connectivity index (χ4v) is 3.59. The first-order chi connectivity index (χ1) is 16.0. The smallest absolute Gasteiger partial charge is 0.326 e. The van der Waals surface area contributed by atoms with Crippen LogP contribution in [0.2, 0.25) is 0 Å². The Labute approximate surface area is 202 Å². The average Bonchev–Trinajstić information content (AvgIpc) is 3.26. The summed E-state index contributed by atoms with van der Waals surface area (Å²) in [4.78, 5) is 65.7. The summed E-state index contributed by atoms with van der Waals surface area (Å²) in [5.41, 5.74) is 16.2. The summed E-state index contributed by atoms with van der Waals surface area (Å²) >= 11 is 4.00. The lowest BCUT2D eigenvalue weighted by Gasteiger charge is -2.28. The quantitative estimate of drug-likeness (QED) is 0.0524. The number of carbonyl (C=O) groups is 5. The molecule has 0 spiro atoms. The Morgan fingerprint density at radius 2 is 1.76 bits per heavy atom. The van der Waals surface area contributed by atoms with Crippen molar-refractivity contribution in [1.82, 2.24) is 15.5 Å². The van der Waals surface area contributed by atoms with Crippen LogP contribution in [0.4, 0.5) is 0 Å². The van der Waals surface area contributed by atoms with Gasteiger partial charge >= 0.3 is 11.9 Å². The zero-order valence-corrected chi connectivity index (χ0v) is 19.6. The molecule has 10 N–H and O–H groups in total. The highest BCUT2D eigenvalue weighted by Crippen LogP contribution is 2.19. The molecule has 0 bridgehead atoms. The van der Waals surface area contributed by atoms with Gasteiger partial charge in [-0.2, -0.15) is 12.6 Å². The van der Waals surface area contributed by atoms with Gasteiger partial charge in [-0.05, 0) is 32.1 Å². The van der Waals surface area contributed by atoms with E-state index in [4.69, 9.17) is 22.3 Å². The Balaban J connectivity index is 2.89. The second kappa shape index (κ2) is 14.2. The van der Waals surface area contributed by atoms with Crippen LogP contribution in [-0.2, 0) is 24.0 Å². The van der Waals surface area contributed by atoms with Crippen LogP contribution in [0.15, 0.2) is 4.99 Å². The minimum Gasteiger partial charge on any atom is -0.481 e. The molecule has 15 heteroatoms. The van der Waals surface area contributed by atoms with Gasteiger partial charge in [0.2, 0.25) is 17.7 Å². The Bertz CT molecular complexity index is 791. The summed E-state index contributed by atoms with van der Waals surface area (Å²) in [6, 6.07) is -4.39. The van der Waals surface area contributed by atoms with E-state index >= 15 is 0 Å². The Morgan fingerprint density at radius 3 is 2.32 bits per heavy atom. The van der Waals surface area contributed by atoms with Crippen LogP contribution < -0.4 is 27.8 Å². The lowest BCUT2D eigenvalue weighted by Crippen LogP contribution is -2.56. The normalized spacial score (nSPS) is 17.8. The van der Waals surface area contributed by atoms with Crippen molar-refractivity contribution in [2.75, 3.05) is 18.8 Å². The van der Waals surface area contributed by atoms with E-state index in [0.29, 0.717) is 19.4 Å². The molecule has 0 aromatic carbocycles. The molecule has 0 aliphatic carbocycles. The Morgan fingerprint density at radius 1 is 1.09 bits per heavy atom. The van der Waals surface area contributed by atoms with Crippen molar-refractivity contribution in [3.05, 3.63) is 0 Å². The number of carboxylic acid groups (broad SMARTS) is 2. The number of guanidine groups is 1. The largest absolute Gasteiger partial charge is 0.481 e. The van der Waals surface area contributed by atoms with Crippen molar-refractivity contribution in [3.63, 3.8) is 0 Å². The van der Waals surface area contributed by atoms with Gasteiger partial charge in [0.25, 0.3) is 0 Å². The fourth-order valence-electron chi connectivity index (χ4n) is 3.43. The molecule has 3 amide bonds. The van der Waals surface area contributed by atoms with Crippen LogP contribution in [0.3, 0.4) is 0 Å². The third-order valence-corrected chi connectivity index (χ3v) is 5.59. The van der Waals surface area contributed by atoms with Crippen molar-refractivity contribution in [3.8, 4) is 0 Å². The fraction of sp³-hybridized carbons (Fsp3) is 0.684. The molecule has 1 saturated heterocycles. The molecule has 1 rings (SSSR count). The van der Waals surface area contributed by atoms with Gasteiger partial charge in [0, 0.05) is 25.3 Å². The van der Waals surface area contributed by atoms with Crippen molar-refractivity contribution >= 4 is 48.2 Å². The lowest BCUT2D eigenvalue weighted by molar-refractivity contribution is -0.143. The van der Waals surface area contributed by atoms with Crippen LogP contribution >= 0.6 is 12.6 Å². The number of amides is 3. The SMILES string of the molecule is NC(N)=NCCCC(NC(=O)C(CCC(=O)O)NC(=O)C1CCCN1C(=O)C(N)CS)C(=O)O. The highest BCUT2D eigenvalue weighted by atomic mass is 32.1. The monoisotopic (exact) mass is 503 g/mol. The minimum absolute atomic E-state index is 0.00394. The number of likely N-dealkylation sites (tertiary alicyclic amines) is 1. The number of aliphatic imine (C=N–C) groups is 1. The summed E-state index contributed by atoms with van der Waals surface area (Å²) in [6.07, 6.45) is 0.428. The maximum Gasteiger partial charge on any atom is 0.326 e. The number of hydrogen-bond acceptors (Lipinski definition) is 8. The van der Waals surface area contributed by atoms with Gasteiger partial charge in [0.15, 0.2) is 5.96 Å². The van der Waals surface area contributed by atoms with E-state index in [0.717, 1.165) is 0 Å². The van der Waals surface area contributed by atoms with Gasteiger partial charge < -0.3 is 42.9 Å². The van der Waals surface area contributed by atoms with Crippen molar-refractivity contribution in [1.29, 1.82) is 0 Å². The summed E-state index contributed by atoms with van der Waals surface area (Å²) in [7, 11) is 0. The molecular weight excluding hydrogens is 470 g/mol. The highest BCUT2D eigenvalue weighted by Gasteiger charge is 2.37. The number of nitrogens with two attached hydrogens (primary N) is 3. The molecule has 0 aromatic heterocycles. The first kappa shape index (κ1) is 29.0. The van der Waals surface area contributed by atoms with E-state index in [9.17, 15) is 29.1 Å². The lowest BCUT2D eigenvalue weighted by atomic mass is 10.1. The third-order valence-electron chi connectivity index (χ3n) is 5.19. The van der Waals surface area contributed by atoms with E-state index in [2.05, 4.69) is 28.3 Å². The van der Waals surface area contributed by atoms with Gasteiger partial charge in [-0.1, -0.05) is 0 Å². The zero-order chi connectivity index (χ0) is 25.8. The predicted octanol–water partition coefficient (Wildman–Crippen LogP) is -2.79. The second-order valence-electron chi connectivity index (χ2n) is 7.82. The zero-order valence-electron chi connectivity index (χ0n) is 18.7. The second-order valence-corrected chi connectivity index (χ2v) is 8.19. The summed E-state index contributed by atoms with van der Waals surface area (Å²) in [5, 5.41) is 23.2. The van der Waals surface area contributed by atoms with Crippen molar-refractivity contribution in [2.24, 2.45) is 22.2 Å². The minimum atomic E-state index is -1.32. The van der Waals surface area contributed by atoms with Crippen LogP contribution in [0.5, 0.6) is 0 Å². The highest BCUT2D eigenvalue weighted by molar-refractivity contribution is 7.80. The number of rotatable bonds is 14. The summed E-state index contributed by atoms with van der Waals surface area (Å²) in [5.74, 6) is -4.53. The third kappa shape index (κ3) is 9.43. The van der Waals surface area contributed by atoms with Crippen LogP contribution in [0.25, 0.3) is 0 Å². The maximum atomic E-state index is 12.9. The van der Waals surface area contributed by atoms with Gasteiger partial charge in [-0.3, -0.25) is 24.2 Å². The standard InChI is InChI=1S/C19H33N7O7S/c20-10(9-34)17(31)26-8-2-4-13(26)16(30)24-11(5-6-14(27)28)15(29)25-12(18(32)33)3-1-7-23-19(21)22/h10-13,34H,1-9,20H2,(H,24,30)(H,25,29)(H,27,28)(H,32,33)(H4,21,22,23). The number of nitrogens with one attached hydrogen (secondary N) is 2. The first-order valence-corrected chi connectivity index (χ1v) is 11.4.